The number of nitrogens with zero attached hydrogens (tertiary/aromatic N) is 2. The van der Waals surface area contributed by atoms with Crippen LogP contribution >= 0.6 is 0 Å². The topological polar surface area (TPSA) is 105 Å². The highest BCUT2D eigenvalue weighted by molar-refractivity contribution is 7.88. The van der Waals surface area contributed by atoms with Crippen LogP contribution in [0.4, 0.5) is 5.88 Å². The first-order chi connectivity index (χ1) is 10.7. The van der Waals surface area contributed by atoms with Crippen LogP contribution in [0.5, 0.6) is 0 Å². The van der Waals surface area contributed by atoms with Crippen molar-refractivity contribution in [3.8, 4) is 0 Å². The van der Waals surface area contributed by atoms with Gasteiger partial charge in [0.1, 0.15) is 0 Å². The number of anilines is 1. The van der Waals surface area contributed by atoms with Crippen LogP contribution in [0, 0.1) is 12.8 Å². The highest BCUT2D eigenvalue weighted by atomic mass is 32.2. The molecule has 1 aromatic rings. The molecule has 1 aromatic heterocycles. The maximum absolute atomic E-state index is 12.2. The minimum absolute atomic E-state index is 0.0882. The molecule has 3 atom stereocenters. The minimum Gasteiger partial charge on any atom is -0.338 e. The highest BCUT2D eigenvalue weighted by Crippen LogP contribution is 2.19. The molecule has 2 N–H and O–H groups in total. The zero-order chi connectivity index (χ0) is 17.2. The van der Waals surface area contributed by atoms with Gasteiger partial charge in [0.15, 0.2) is 0 Å². The van der Waals surface area contributed by atoms with Gasteiger partial charge in [-0.05, 0) is 26.2 Å². The Morgan fingerprint density at radius 2 is 2.22 bits per heavy atom. The lowest BCUT2D eigenvalue weighted by Crippen LogP contribution is -2.53. The number of nitrogens with one attached hydrogen (secondary N) is 2. The number of hydrogen-bond donors (Lipinski definition) is 2. The van der Waals surface area contributed by atoms with E-state index in [2.05, 4.69) is 15.8 Å². The van der Waals surface area contributed by atoms with Crippen LogP contribution in [0.2, 0.25) is 0 Å². The van der Waals surface area contributed by atoms with Gasteiger partial charge in [0.25, 0.3) is 0 Å². The molecular weight excluding hydrogens is 320 g/mol. The Bertz CT molecular complexity index is 657. The van der Waals surface area contributed by atoms with Crippen molar-refractivity contribution in [2.45, 2.75) is 39.3 Å². The first-order valence-electron chi connectivity index (χ1n) is 7.62. The quantitative estimate of drug-likeness (QED) is 0.809. The van der Waals surface area contributed by atoms with Crippen molar-refractivity contribution >= 4 is 21.8 Å². The first-order valence-corrected chi connectivity index (χ1v) is 9.47. The molecule has 1 saturated heterocycles. The van der Waals surface area contributed by atoms with Crippen molar-refractivity contribution in [2.24, 2.45) is 5.92 Å². The SMILES string of the molecule is Cc1cc(NC(=O)[C@H](C)N[C@@H]2CCN(S(C)(=O)=O)C[C@@H]2C)on1. The van der Waals surface area contributed by atoms with Gasteiger partial charge in [0.05, 0.1) is 18.0 Å². The van der Waals surface area contributed by atoms with Crippen LogP contribution in [0.1, 0.15) is 26.0 Å². The molecule has 9 heteroatoms. The van der Waals surface area contributed by atoms with E-state index in [0.29, 0.717) is 31.1 Å². The van der Waals surface area contributed by atoms with E-state index in [0.717, 1.165) is 0 Å². The first kappa shape index (κ1) is 17.9. The summed E-state index contributed by atoms with van der Waals surface area (Å²) in [4.78, 5) is 12.2. The van der Waals surface area contributed by atoms with E-state index in [1.807, 2.05) is 6.92 Å². The number of rotatable bonds is 5. The minimum atomic E-state index is -3.16. The third-order valence-corrected chi connectivity index (χ3v) is 5.34. The molecule has 0 aromatic carbocycles. The van der Waals surface area contributed by atoms with E-state index in [1.54, 1.807) is 19.9 Å². The van der Waals surface area contributed by atoms with Crippen LogP contribution < -0.4 is 10.6 Å². The number of sulfonamides is 1. The fourth-order valence-electron chi connectivity index (χ4n) is 2.71. The molecule has 1 amide bonds. The Morgan fingerprint density at radius 1 is 1.52 bits per heavy atom. The van der Waals surface area contributed by atoms with Crippen LogP contribution in [0.3, 0.4) is 0 Å². The summed E-state index contributed by atoms with van der Waals surface area (Å²) < 4.78 is 29.6. The number of aryl methyl sites for hydroxylation is 1. The lowest BCUT2D eigenvalue weighted by Gasteiger charge is -2.37. The maximum atomic E-state index is 12.2. The molecule has 8 nitrogen and oxygen atoms in total. The van der Waals surface area contributed by atoms with E-state index in [9.17, 15) is 13.2 Å². The second kappa shape index (κ2) is 6.98. The molecule has 1 aliphatic heterocycles. The van der Waals surface area contributed by atoms with Gasteiger partial charge in [-0.25, -0.2) is 12.7 Å². The fraction of sp³-hybridized carbons (Fsp3) is 0.714. The summed E-state index contributed by atoms with van der Waals surface area (Å²) in [6, 6.07) is 1.32. The maximum Gasteiger partial charge on any atom is 0.243 e. The van der Waals surface area contributed by atoms with E-state index in [4.69, 9.17) is 4.52 Å². The van der Waals surface area contributed by atoms with Crippen molar-refractivity contribution in [2.75, 3.05) is 24.7 Å². The summed E-state index contributed by atoms with van der Waals surface area (Å²) in [5.41, 5.74) is 0.697. The second-order valence-electron chi connectivity index (χ2n) is 6.20. The largest absolute Gasteiger partial charge is 0.338 e. The number of aromatic nitrogens is 1. The lowest BCUT2D eigenvalue weighted by molar-refractivity contribution is -0.118. The van der Waals surface area contributed by atoms with Gasteiger partial charge >= 0.3 is 0 Å². The van der Waals surface area contributed by atoms with Gasteiger partial charge < -0.3 is 9.84 Å². The Hall–Kier alpha value is -1.45. The van der Waals surface area contributed by atoms with Crippen LogP contribution in [0.15, 0.2) is 10.6 Å². The number of piperidine rings is 1. The van der Waals surface area contributed by atoms with Crippen molar-refractivity contribution in [1.82, 2.24) is 14.8 Å². The van der Waals surface area contributed by atoms with Crippen molar-refractivity contribution in [3.63, 3.8) is 0 Å². The Balaban J connectivity index is 1.88. The predicted molar refractivity (Wildman–Crippen MR) is 86.5 cm³/mol. The zero-order valence-electron chi connectivity index (χ0n) is 13.9. The number of amides is 1. The molecule has 0 aliphatic carbocycles. The molecule has 130 valence electrons. The van der Waals surface area contributed by atoms with Gasteiger partial charge in [-0.2, -0.15) is 0 Å². The number of carbonyl (C=O) groups is 1. The molecule has 2 rings (SSSR count). The molecule has 2 heterocycles. The van der Waals surface area contributed by atoms with Crippen LogP contribution in [-0.2, 0) is 14.8 Å². The fourth-order valence-corrected chi connectivity index (χ4v) is 3.65. The van der Waals surface area contributed by atoms with Gasteiger partial charge in [-0.15, -0.1) is 0 Å². The molecule has 0 unspecified atom stereocenters. The van der Waals surface area contributed by atoms with E-state index >= 15 is 0 Å². The average Bonchev–Trinajstić information content (AvgIpc) is 2.85. The summed E-state index contributed by atoms with van der Waals surface area (Å²) in [5, 5.41) is 9.65. The van der Waals surface area contributed by atoms with Gasteiger partial charge in [0.2, 0.25) is 21.8 Å². The summed E-state index contributed by atoms with van der Waals surface area (Å²) in [6.45, 7) is 6.47. The monoisotopic (exact) mass is 344 g/mol. The third kappa shape index (κ3) is 4.76. The molecule has 0 spiro atoms. The van der Waals surface area contributed by atoms with Gasteiger partial charge in [-0.1, -0.05) is 12.1 Å². The Labute approximate surface area is 136 Å². The van der Waals surface area contributed by atoms with Gasteiger partial charge in [0, 0.05) is 25.2 Å². The van der Waals surface area contributed by atoms with E-state index in [-0.39, 0.29) is 17.9 Å². The standard InChI is InChI=1S/C14H24N4O4S/c1-9-8-18(23(4,20)21)6-5-12(9)15-11(3)14(19)16-13-7-10(2)17-22-13/h7,9,11-12,15H,5-6,8H2,1-4H3,(H,16,19)/t9-,11-,12+/m0/s1. The second-order valence-corrected chi connectivity index (χ2v) is 8.19. The smallest absolute Gasteiger partial charge is 0.243 e. The zero-order valence-corrected chi connectivity index (χ0v) is 14.7. The number of hydrogen-bond acceptors (Lipinski definition) is 6. The van der Waals surface area contributed by atoms with E-state index in [1.165, 1.54) is 10.6 Å². The van der Waals surface area contributed by atoms with Gasteiger partial charge in [-0.3, -0.25) is 10.1 Å². The third-order valence-electron chi connectivity index (χ3n) is 4.07. The highest BCUT2D eigenvalue weighted by Gasteiger charge is 2.32. The van der Waals surface area contributed by atoms with Crippen LogP contribution in [0.25, 0.3) is 0 Å². The van der Waals surface area contributed by atoms with Crippen LogP contribution in [-0.4, -0.2) is 55.2 Å². The molecule has 23 heavy (non-hydrogen) atoms. The van der Waals surface area contributed by atoms with Crippen molar-refractivity contribution < 1.29 is 17.7 Å². The summed E-state index contributed by atoms with van der Waals surface area (Å²) >= 11 is 0. The summed E-state index contributed by atoms with van der Waals surface area (Å²) in [5.74, 6) is 0.237. The van der Waals surface area contributed by atoms with Crippen molar-refractivity contribution in [1.29, 1.82) is 0 Å². The predicted octanol–water partition coefficient (Wildman–Crippen LogP) is 0.570. The molecule has 0 bridgehead atoms. The summed E-state index contributed by atoms with van der Waals surface area (Å²) in [7, 11) is -3.16. The van der Waals surface area contributed by atoms with E-state index < -0.39 is 16.1 Å². The Morgan fingerprint density at radius 3 is 2.74 bits per heavy atom. The molecule has 1 fully saturated rings. The normalized spacial score (nSPS) is 24.3. The molecule has 0 saturated carbocycles. The van der Waals surface area contributed by atoms with Crippen molar-refractivity contribution in [3.05, 3.63) is 11.8 Å². The lowest BCUT2D eigenvalue weighted by atomic mass is 9.94. The molecule has 0 radical (unpaired) electrons. The molecule has 1 aliphatic rings. The molecular formula is C14H24N4O4S. The Kier molecular flexibility index (Phi) is 5.43. The average molecular weight is 344 g/mol. The summed E-state index contributed by atoms with van der Waals surface area (Å²) in [6.07, 6.45) is 1.90. The number of carbonyl (C=O) groups excluding carboxylic acids is 1.